The van der Waals surface area contributed by atoms with Crippen LogP contribution in [0.1, 0.15) is 11.1 Å². The van der Waals surface area contributed by atoms with Crippen molar-refractivity contribution in [3.05, 3.63) is 59.4 Å². The van der Waals surface area contributed by atoms with Gasteiger partial charge in [-0.2, -0.15) is 8.42 Å². The maximum absolute atomic E-state index is 14.1. The number of anilines is 1. The number of benzene rings is 2. The van der Waals surface area contributed by atoms with Crippen LogP contribution in [0.15, 0.2) is 51.8 Å². The molecule has 0 radical (unpaired) electrons. The summed E-state index contributed by atoms with van der Waals surface area (Å²) in [4.78, 5) is -0.0702. The second kappa shape index (κ2) is 5.13. The zero-order chi connectivity index (χ0) is 15.0. The number of rotatable bonds is 2. The molecule has 2 aromatic rings. The number of fused-ring (bicyclic) bond motifs is 1. The van der Waals surface area contributed by atoms with E-state index in [0.29, 0.717) is 0 Å². The summed E-state index contributed by atoms with van der Waals surface area (Å²) in [5.74, 6) is -0.494. The van der Waals surface area contributed by atoms with Gasteiger partial charge in [-0.3, -0.25) is 0 Å². The topological polar surface area (TPSA) is 58.5 Å². The van der Waals surface area contributed by atoms with Gasteiger partial charge in [0, 0.05) is 12.0 Å². The molecule has 0 amide bonds. The summed E-state index contributed by atoms with van der Waals surface area (Å²) in [5, 5.41) is 2.35. The van der Waals surface area contributed by atoms with Gasteiger partial charge < -0.3 is 5.32 Å². The molecule has 4 nitrogen and oxygen atoms in total. The lowest BCUT2D eigenvalue weighted by Crippen LogP contribution is -2.19. The Hall–Kier alpha value is -1.92. The molecule has 1 aliphatic rings. The van der Waals surface area contributed by atoms with E-state index in [1.807, 2.05) is 30.3 Å². The normalized spacial score (nSPS) is 15.8. The SMILES string of the molecule is O=S1(=O)N=C(Cl)Nc2c1ccc(F)c2Cc1ccccc1. The minimum absolute atomic E-state index is 0.0702. The fraction of sp³-hybridized carbons (Fsp3) is 0.0714. The molecular formula is C14H10ClFN2O2S. The molecule has 0 atom stereocenters. The van der Waals surface area contributed by atoms with Gasteiger partial charge >= 0.3 is 0 Å². The van der Waals surface area contributed by atoms with Gasteiger partial charge in [-0.25, -0.2) is 4.39 Å². The van der Waals surface area contributed by atoms with E-state index >= 15 is 0 Å². The van der Waals surface area contributed by atoms with Gasteiger partial charge in [-0.05, 0) is 29.3 Å². The van der Waals surface area contributed by atoms with E-state index in [1.54, 1.807) is 0 Å². The Kier molecular flexibility index (Phi) is 3.43. The molecule has 7 heteroatoms. The van der Waals surface area contributed by atoms with Crippen LogP contribution < -0.4 is 5.32 Å². The van der Waals surface area contributed by atoms with Crippen molar-refractivity contribution < 1.29 is 12.8 Å². The standard InChI is InChI=1S/C14H10ClFN2O2S/c15-14-17-13-10(8-9-4-2-1-3-5-9)11(16)6-7-12(13)21(19,20)18-14/h1-7H,8H2,(H,17,18). The molecule has 108 valence electrons. The molecule has 0 bridgehead atoms. The number of hydrogen-bond acceptors (Lipinski definition) is 3. The molecule has 0 aromatic heterocycles. The molecular weight excluding hydrogens is 315 g/mol. The van der Waals surface area contributed by atoms with Gasteiger partial charge in [-0.15, -0.1) is 4.40 Å². The lowest BCUT2D eigenvalue weighted by molar-refractivity contribution is 0.595. The average molecular weight is 325 g/mol. The van der Waals surface area contributed by atoms with Gasteiger partial charge in [0.15, 0.2) is 0 Å². The van der Waals surface area contributed by atoms with Crippen LogP contribution in [0.3, 0.4) is 0 Å². The van der Waals surface area contributed by atoms with Crippen LogP contribution in [0.25, 0.3) is 0 Å². The van der Waals surface area contributed by atoms with Crippen LogP contribution in [-0.2, 0) is 16.4 Å². The van der Waals surface area contributed by atoms with Crippen molar-refractivity contribution in [3.63, 3.8) is 0 Å². The Bertz CT molecular complexity index is 836. The molecule has 3 rings (SSSR count). The second-order valence-corrected chi connectivity index (χ2v) is 6.47. The van der Waals surface area contributed by atoms with Crippen molar-refractivity contribution in [3.8, 4) is 0 Å². The van der Waals surface area contributed by atoms with Gasteiger partial charge in [-0.1, -0.05) is 30.3 Å². The van der Waals surface area contributed by atoms with Gasteiger partial charge in [0.05, 0.1) is 5.69 Å². The maximum atomic E-state index is 14.1. The minimum atomic E-state index is -3.90. The second-order valence-electron chi connectivity index (χ2n) is 4.54. The number of amidine groups is 1. The van der Waals surface area contributed by atoms with E-state index in [2.05, 4.69) is 9.71 Å². The highest BCUT2D eigenvalue weighted by Gasteiger charge is 2.28. The van der Waals surface area contributed by atoms with Crippen LogP contribution >= 0.6 is 11.6 Å². The summed E-state index contributed by atoms with van der Waals surface area (Å²) in [5.41, 5.74) is 1.26. The van der Waals surface area contributed by atoms with Crippen LogP contribution in [0.2, 0.25) is 0 Å². The fourth-order valence-electron chi connectivity index (χ4n) is 2.21. The summed E-state index contributed by atoms with van der Waals surface area (Å²) >= 11 is 5.69. The summed E-state index contributed by atoms with van der Waals surface area (Å²) in [6.45, 7) is 0. The first kappa shape index (κ1) is 14.0. The number of nitrogens with one attached hydrogen (secondary N) is 1. The van der Waals surface area contributed by atoms with Crippen LogP contribution in [-0.4, -0.2) is 13.7 Å². The first-order chi connectivity index (χ1) is 9.97. The van der Waals surface area contributed by atoms with Crippen LogP contribution in [0.5, 0.6) is 0 Å². The molecule has 0 spiro atoms. The molecule has 2 aromatic carbocycles. The van der Waals surface area contributed by atoms with E-state index < -0.39 is 15.8 Å². The molecule has 0 fully saturated rings. The number of hydrogen-bond donors (Lipinski definition) is 1. The van der Waals surface area contributed by atoms with Crippen molar-refractivity contribution in [2.24, 2.45) is 4.40 Å². The highest BCUT2D eigenvalue weighted by molar-refractivity contribution is 7.90. The molecule has 1 heterocycles. The Morgan fingerprint density at radius 1 is 1.14 bits per heavy atom. The van der Waals surface area contributed by atoms with Gasteiger partial charge in [0.25, 0.3) is 10.0 Å². The first-order valence-corrected chi connectivity index (χ1v) is 7.92. The van der Waals surface area contributed by atoms with E-state index in [9.17, 15) is 12.8 Å². The van der Waals surface area contributed by atoms with Crippen LogP contribution in [0.4, 0.5) is 10.1 Å². The number of halogens is 2. The Morgan fingerprint density at radius 3 is 2.57 bits per heavy atom. The molecule has 21 heavy (non-hydrogen) atoms. The smallest absolute Gasteiger partial charge is 0.287 e. The fourth-order valence-corrected chi connectivity index (χ4v) is 3.60. The average Bonchev–Trinajstić information content (AvgIpc) is 2.42. The third-order valence-corrected chi connectivity index (χ3v) is 4.75. The van der Waals surface area contributed by atoms with Crippen molar-refractivity contribution in [2.75, 3.05) is 5.32 Å². The third kappa shape index (κ3) is 2.64. The predicted molar refractivity (Wildman–Crippen MR) is 79.7 cm³/mol. The summed E-state index contributed by atoms with van der Waals surface area (Å²) in [6.07, 6.45) is 0.253. The van der Waals surface area contributed by atoms with E-state index in [0.717, 1.165) is 11.6 Å². The molecule has 0 unspecified atom stereocenters. The zero-order valence-corrected chi connectivity index (χ0v) is 12.2. The summed E-state index contributed by atoms with van der Waals surface area (Å²) in [7, 11) is -3.90. The lowest BCUT2D eigenvalue weighted by atomic mass is 10.0. The zero-order valence-electron chi connectivity index (χ0n) is 10.7. The largest absolute Gasteiger partial charge is 0.328 e. The monoisotopic (exact) mass is 324 g/mol. The van der Waals surface area contributed by atoms with Gasteiger partial charge in [0.1, 0.15) is 10.7 Å². The molecule has 1 N–H and O–H groups in total. The van der Waals surface area contributed by atoms with Crippen molar-refractivity contribution in [1.82, 2.24) is 0 Å². The Morgan fingerprint density at radius 2 is 1.86 bits per heavy atom. The molecule has 0 aliphatic carbocycles. The molecule has 0 saturated heterocycles. The molecule has 1 aliphatic heterocycles. The summed E-state index contributed by atoms with van der Waals surface area (Å²) in [6, 6.07) is 11.5. The molecule has 0 saturated carbocycles. The Balaban J connectivity index is 2.15. The first-order valence-electron chi connectivity index (χ1n) is 6.10. The summed E-state index contributed by atoms with van der Waals surface area (Å²) < 4.78 is 41.4. The quantitative estimate of drug-likeness (QED) is 0.863. The Labute approximate surface area is 126 Å². The van der Waals surface area contributed by atoms with Crippen molar-refractivity contribution in [1.29, 1.82) is 0 Å². The van der Waals surface area contributed by atoms with Crippen molar-refractivity contribution in [2.45, 2.75) is 11.3 Å². The maximum Gasteiger partial charge on any atom is 0.287 e. The van der Waals surface area contributed by atoms with E-state index in [-0.39, 0.29) is 27.9 Å². The van der Waals surface area contributed by atoms with Gasteiger partial charge in [0.2, 0.25) is 5.29 Å². The number of sulfonamides is 1. The van der Waals surface area contributed by atoms with E-state index in [1.165, 1.54) is 6.07 Å². The minimum Gasteiger partial charge on any atom is -0.328 e. The predicted octanol–water partition coefficient (Wildman–Crippen LogP) is 3.13. The lowest BCUT2D eigenvalue weighted by Gasteiger charge is -2.19. The van der Waals surface area contributed by atoms with E-state index in [4.69, 9.17) is 11.6 Å². The third-order valence-electron chi connectivity index (χ3n) is 3.15. The van der Waals surface area contributed by atoms with Crippen molar-refractivity contribution >= 4 is 32.6 Å². The highest BCUT2D eigenvalue weighted by Crippen LogP contribution is 2.34. The van der Waals surface area contributed by atoms with Crippen LogP contribution in [0, 0.1) is 5.82 Å². The number of nitrogens with zero attached hydrogens (tertiary/aromatic N) is 1. The highest BCUT2D eigenvalue weighted by atomic mass is 35.5.